The summed E-state index contributed by atoms with van der Waals surface area (Å²) >= 11 is 0. The van der Waals surface area contributed by atoms with Gasteiger partial charge in [0.1, 0.15) is 0 Å². The second-order valence-electron chi connectivity index (χ2n) is 3.59. The summed E-state index contributed by atoms with van der Waals surface area (Å²) in [5, 5.41) is 14.2. The van der Waals surface area contributed by atoms with E-state index in [9.17, 15) is 9.59 Å². The maximum Gasteiger partial charge on any atom is 0.303 e. The predicted molar refractivity (Wildman–Crippen MR) is 55.4 cm³/mol. The van der Waals surface area contributed by atoms with E-state index >= 15 is 0 Å². The fraction of sp³-hybridized carbons (Fsp3) is 0.600. The van der Waals surface area contributed by atoms with Crippen LogP contribution in [0.25, 0.3) is 0 Å². The van der Waals surface area contributed by atoms with Gasteiger partial charge in [-0.1, -0.05) is 0 Å². The van der Waals surface area contributed by atoms with Crippen LogP contribution < -0.4 is 10.6 Å². The molecule has 0 unspecified atom stereocenters. The number of hydrogen-bond donors (Lipinski definition) is 3. The molecule has 1 fully saturated rings. The molecule has 0 aromatic heterocycles. The van der Waals surface area contributed by atoms with E-state index in [0.29, 0.717) is 13.0 Å². The van der Waals surface area contributed by atoms with Crippen LogP contribution in [0, 0.1) is 0 Å². The van der Waals surface area contributed by atoms with Crippen molar-refractivity contribution in [1.82, 2.24) is 10.6 Å². The largest absolute Gasteiger partial charge is 0.481 e. The Labute approximate surface area is 88.5 Å². The minimum absolute atomic E-state index is 0.0862. The zero-order valence-electron chi connectivity index (χ0n) is 8.80. The van der Waals surface area contributed by atoms with Gasteiger partial charge < -0.3 is 15.7 Å². The van der Waals surface area contributed by atoms with Crippen LogP contribution in [0.1, 0.15) is 19.8 Å². The third-order valence-corrected chi connectivity index (χ3v) is 2.40. The monoisotopic (exact) mass is 212 g/mol. The van der Waals surface area contributed by atoms with Crippen LogP contribution in [-0.2, 0) is 9.59 Å². The molecule has 0 aromatic carbocycles. The van der Waals surface area contributed by atoms with Crippen molar-refractivity contribution in [3.63, 3.8) is 0 Å². The first kappa shape index (κ1) is 11.7. The summed E-state index contributed by atoms with van der Waals surface area (Å²) in [4.78, 5) is 21.7. The van der Waals surface area contributed by atoms with Crippen molar-refractivity contribution in [3.8, 4) is 0 Å². The van der Waals surface area contributed by atoms with Gasteiger partial charge in [-0.25, -0.2) is 0 Å². The van der Waals surface area contributed by atoms with Crippen LogP contribution in [0.4, 0.5) is 0 Å². The Morgan fingerprint density at radius 2 is 2.13 bits per heavy atom. The summed E-state index contributed by atoms with van der Waals surface area (Å²) in [5.74, 6) is -0.917. The normalized spacial score (nSPS) is 14.3. The lowest BCUT2D eigenvalue weighted by Gasteiger charge is -2.21. The first-order valence-corrected chi connectivity index (χ1v) is 5.00. The van der Waals surface area contributed by atoms with Gasteiger partial charge in [-0.2, -0.15) is 0 Å². The quantitative estimate of drug-likeness (QED) is 0.439. The number of nitrogens with one attached hydrogen (secondary N) is 2. The molecule has 0 aliphatic carbocycles. The molecule has 5 heteroatoms. The van der Waals surface area contributed by atoms with Crippen LogP contribution in [0.2, 0.25) is 0 Å². The zero-order valence-corrected chi connectivity index (χ0v) is 8.80. The van der Waals surface area contributed by atoms with Gasteiger partial charge in [-0.3, -0.25) is 9.59 Å². The highest BCUT2D eigenvalue weighted by Gasteiger charge is 2.15. The van der Waals surface area contributed by atoms with Crippen molar-refractivity contribution in [2.75, 3.05) is 19.6 Å². The number of carboxylic acids is 1. The maximum atomic E-state index is 11.5. The summed E-state index contributed by atoms with van der Waals surface area (Å²) in [6.45, 7) is 3.79. The molecular weight excluding hydrogens is 196 g/mol. The van der Waals surface area contributed by atoms with Gasteiger partial charge in [0.05, 0.1) is 0 Å². The molecular formula is C10H16N2O3. The van der Waals surface area contributed by atoms with Gasteiger partial charge >= 0.3 is 5.97 Å². The number of amides is 1. The van der Waals surface area contributed by atoms with Crippen LogP contribution in [0.5, 0.6) is 0 Å². The number of aliphatic carboxylic acids is 1. The lowest BCUT2D eigenvalue weighted by atomic mass is 10.0. The molecule has 0 aromatic rings. The zero-order chi connectivity index (χ0) is 11.3. The van der Waals surface area contributed by atoms with Crippen molar-refractivity contribution < 1.29 is 14.7 Å². The lowest BCUT2D eigenvalue weighted by molar-refractivity contribution is -0.137. The number of hydrogen-bond acceptors (Lipinski definition) is 3. The van der Waals surface area contributed by atoms with Crippen molar-refractivity contribution in [3.05, 3.63) is 11.1 Å². The van der Waals surface area contributed by atoms with Crippen LogP contribution >= 0.6 is 0 Å². The molecule has 0 bridgehead atoms. The standard InChI is InChI=1S/C10H16N2O3/c1-7(8-5-11-6-8)10(15)12-4-2-3-9(13)14/h11H,2-6H2,1H3,(H,12,15)(H,13,14). The molecule has 5 nitrogen and oxygen atoms in total. The van der Waals surface area contributed by atoms with Gasteiger partial charge in [0.2, 0.25) is 5.91 Å². The molecule has 1 aliphatic heterocycles. The Morgan fingerprint density at radius 1 is 1.47 bits per heavy atom. The fourth-order valence-corrected chi connectivity index (χ4v) is 1.25. The molecule has 1 heterocycles. The number of carbonyl (C=O) groups is 2. The Kier molecular flexibility index (Phi) is 4.30. The van der Waals surface area contributed by atoms with Crippen molar-refractivity contribution >= 4 is 11.9 Å². The molecule has 0 atom stereocenters. The number of carbonyl (C=O) groups excluding carboxylic acids is 1. The fourth-order valence-electron chi connectivity index (χ4n) is 1.25. The Morgan fingerprint density at radius 3 is 2.60 bits per heavy atom. The topological polar surface area (TPSA) is 78.4 Å². The molecule has 15 heavy (non-hydrogen) atoms. The summed E-state index contributed by atoms with van der Waals surface area (Å²) < 4.78 is 0. The Hall–Kier alpha value is -1.36. The van der Waals surface area contributed by atoms with E-state index in [2.05, 4.69) is 10.6 Å². The van der Waals surface area contributed by atoms with Crippen LogP contribution in [-0.4, -0.2) is 36.6 Å². The summed E-state index contributed by atoms with van der Waals surface area (Å²) in [6, 6.07) is 0. The number of carboxylic acid groups (broad SMARTS) is 1. The third kappa shape index (κ3) is 3.71. The Balaban J connectivity index is 2.21. The highest BCUT2D eigenvalue weighted by molar-refractivity contribution is 5.93. The minimum Gasteiger partial charge on any atom is -0.481 e. The van der Waals surface area contributed by atoms with E-state index in [4.69, 9.17) is 5.11 Å². The van der Waals surface area contributed by atoms with Gasteiger partial charge in [-0.05, 0) is 18.9 Å². The van der Waals surface area contributed by atoms with E-state index < -0.39 is 5.97 Å². The first-order valence-electron chi connectivity index (χ1n) is 5.00. The second-order valence-corrected chi connectivity index (χ2v) is 3.59. The lowest BCUT2D eigenvalue weighted by Crippen LogP contribution is -2.37. The Bertz CT molecular complexity index is 291. The second kappa shape index (κ2) is 5.50. The summed E-state index contributed by atoms with van der Waals surface area (Å²) in [5.41, 5.74) is 1.88. The molecule has 84 valence electrons. The maximum absolute atomic E-state index is 11.5. The summed E-state index contributed by atoms with van der Waals surface area (Å²) in [6.07, 6.45) is 0.569. The summed E-state index contributed by atoms with van der Waals surface area (Å²) in [7, 11) is 0. The molecule has 3 N–H and O–H groups in total. The molecule has 1 rings (SSSR count). The minimum atomic E-state index is -0.831. The SMILES string of the molecule is CC(C(=O)NCCCC(=O)O)=C1CNC1. The van der Waals surface area contributed by atoms with E-state index in [1.54, 1.807) is 6.92 Å². The van der Waals surface area contributed by atoms with Gasteiger partial charge in [0, 0.05) is 31.6 Å². The predicted octanol–water partition coefficient (Wildman–Crippen LogP) is -0.113. The van der Waals surface area contributed by atoms with Crippen molar-refractivity contribution in [2.24, 2.45) is 0 Å². The molecule has 1 amide bonds. The van der Waals surface area contributed by atoms with E-state index in [0.717, 1.165) is 24.2 Å². The highest BCUT2D eigenvalue weighted by Crippen LogP contribution is 2.08. The molecule has 0 radical (unpaired) electrons. The molecule has 0 saturated carbocycles. The van der Waals surface area contributed by atoms with E-state index in [1.807, 2.05) is 0 Å². The van der Waals surface area contributed by atoms with Gasteiger partial charge in [0.25, 0.3) is 0 Å². The van der Waals surface area contributed by atoms with Crippen LogP contribution in [0.15, 0.2) is 11.1 Å². The van der Waals surface area contributed by atoms with E-state index in [-0.39, 0.29) is 12.3 Å². The van der Waals surface area contributed by atoms with Gasteiger partial charge in [0.15, 0.2) is 0 Å². The third-order valence-electron chi connectivity index (χ3n) is 2.40. The van der Waals surface area contributed by atoms with E-state index in [1.165, 1.54) is 0 Å². The molecule has 1 aliphatic rings. The molecule has 0 spiro atoms. The highest BCUT2D eigenvalue weighted by atomic mass is 16.4. The first-order chi connectivity index (χ1) is 7.11. The average Bonchev–Trinajstić information content (AvgIpc) is 2.08. The number of rotatable bonds is 5. The van der Waals surface area contributed by atoms with Crippen molar-refractivity contribution in [2.45, 2.75) is 19.8 Å². The smallest absolute Gasteiger partial charge is 0.303 e. The van der Waals surface area contributed by atoms with Gasteiger partial charge in [-0.15, -0.1) is 0 Å². The van der Waals surface area contributed by atoms with Crippen molar-refractivity contribution in [1.29, 1.82) is 0 Å². The molecule has 1 saturated heterocycles. The average molecular weight is 212 g/mol. The van der Waals surface area contributed by atoms with Crippen LogP contribution in [0.3, 0.4) is 0 Å².